The molecule has 0 aliphatic rings. The minimum atomic E-state index is 2.21. The first kappa shape index (κ1) is 52.8. The summed E-state index contributed by atoms with van der Waals surface area (Å²) in [5.41, 5.74) is 159. The van der Waals surface area contributed by atoms with Gasteiger partial charge in [0.1, 0.15) is 0 Å². The third-order valence-corrected chi connectivity index (χ3v) is 4.12. The Morgan fingerprint density at radius 3 is 0.269 bits per heavy atom. The van der Waals surface area contributed by atoms with Crippen molar-refractivity contribution in [3.8, 4) is 0 Å². The molecule has 0 spiro atoms. The highest BCUT2D eigenvalue weighted by Crippen LogP contribution is 1.63. The van der Waals surface area contributed by atoms with Gasteiger partial charge in [0.2, 0.25) is 0 Å². The molecule has 0 radical (unpaired) electrons. The van der Waals surface area contributed by atoms with Crippen molar-refractivity contribution in [1.29, 1.82) is 0 Å². The maximum absolute atomic E-state index is 4.40. The van der Waals surface area contributed by atoms with Crippen molar-refractivity contribution in [3.05, 3.63) is 373 Å². The summed E-state index contributed by atoms with van der Waals surface area (Å²) in [7, 11) is 0. The van der Waals surface area contributed by atoms with E-state index in [-0.39, 0.29) is 0 Å². The van der Waals surface area contributed by atoms with Gasteiger partial charge in [0.15, 0.2) is 0 Å². The number of rotatable bonds is 0. The van der Waals surface area contributed by atoms with E-state index in [1.807, 2.05) is 0 Å². The van der Waals surface area contributed by atoms with E-state index in [9.17, 15) is 0 Å². The number of hydrogen-bond acceptors (Lipinski definition) is 1. The lowest BCUT2D eigenvalue weighted by atomic mass is 10.6. The maximum Gasteiger partial charge on any atom is 0.0148 e. The van der Waals surface area contributed by atoms with E-state index in [4.69, 9.17) is 0 Å². The average molecular weight is 827 g/mol. The van der Waals surface area contributed by atoms with Crippen molar-refractivity contribution in [2.75, 3.05) is 0 Å². The van der Waals surface area contributed by atoms with Crippen molar-refractivity contribution in [1.82, 2.24) is 0 Å². The molecule has 0 rings (SSSR count). The molecule has 0 N–H and O–H groups in total. The fourth-order valence-electron chi connectivity index (χ4n) is 1.98. The molecule has 67 heavy (non-hydrogen) atoms. The third-order valence-electron chi connectivity index (χ3n) is 4.01. The van der Waals surface area contributed by atoms with E-state index in [1.165, 1.54) is 0 Å². The minimum Gasteiger partial charge on any atom is -0.0687 e. The lowest BCUT2D eigenvalue weighted by molar-refractivity contribution is 2.10. The van der Waals surface area contributed by atoms with Crippen molar-refractivity contribution in [2.24, 2.45) is 0 Å². The summed E-state index contributed by atoms with van der Waals surface area (Å²) < 4.78 is 0. The largest absolute Gasteiger partial charge is 0.0687 e. The van der Waals surface area contributed by atoms with Crippen LogP contribution in [-0.4, -0.2) is 5.02 Å². The predicted octanol–water partition coefficient (Wildman–Crippen LogP) is 10.7. The topological polar surface area (TPSA) is 0 Å². The van der Waals surface area contributed by atoms with Gasteiger partial charge in [-0.25, -0.2) is 0 Å². The average Bonchev–Trinajstić information content (AvgIpc) is 3.34. The first-order valence-electron chi connectivity index (χ1n) is 16.6. The highest BCUT2D eigenvalue weighted by atomic mass is 32.1. The third kappa shape index (κ3) is 51.8. The molecule has 0 aliphatic carbocycles. The molecule has 0 fully saturated rings. The smallest absolute Gasteiger partial charge is 0.0148 e. The fraction of sp³-hybridized carbons (Fsp3) is 0. The van der Waals surface area contributed by atoms with Gasteiger partial charge in [-0.05, 0) is 64.6 Å². The summed E-state index contributed by atoms with van der Waals surface area (Å²) in [5, 5.41) is 2.21. The molecule has 0 saturated carbocycles. The monoisotopic (exact) mass is 826 g/mol. The summed E-state index contributed by atoms with van der Waals surface area (Å²) in [5.74, 6) is 0. The van der Waals surface area contributed by atoms with Crippen LogP contribution in [0.2, 0.25) is 0 Å². The second kappa shape index (κ2) is 51.8. The van der Waals surface area contributed by atoms with E-state index in [2.05, 4.69) is 391 Å². The summed E-state index contributed by atoms with van der Waals surface area (Å²) in [6.45, 7) is 3.31. The van der Waals surface area contributed by atoms with E-state index in [0.29, 0.717) is 0 Å². The molecular formula is C66H2S. The molecular weight excluding hydrogens is 825 g/mol. The van der Waals surface area contributed by atoms with Gasteiger partial charge >= 0.3 is 0 Å². The van der Waals surface area contributed by atoms with Crippen molar-refractivity contribution < 1.29 is 0 Å². The Kier molecular flexibility index (Phi) is 40.8. The van der Waals surface area contributed by atoms with Crippen molar-refractivity contribution >= 4 is 17.2 Å². The molecule has 0 aliphatic heterocycles. The van der Waals surface area contributed by atoms with Crippen LogP contribution in [0.15, 0.2) is 373 Å². The fourth-order valence-corrected chi connectivity index (χ4v) is 2.03. The second-order valence-electron chi connectivity index (χ2n) is 8.15. The molecule has 0 atom stereocenters. The molecule has 0 heterocycles. The standard InChI is InChI=1S/C66H2S/c1-2-3-4-5-6-7-8-9-10-11-12-13-14-15-16-17-18-19-20-21-22-23-24-25-26-27-28-29-30-31-32-33-34-35-36-37-38-39-40-41-42-43-44-45-46-47-48-49-50-51-52-53-54-55-56-57-58-59-60-61-62-63-64-65-66-67/h1H2. The zero-order valence-corrected chi connectivity index (χ0v) is 34.4. The molecule has 0 bridgehead atoms. The number of hydrogen-bond donors (Lipinski definition) is 0. The molecule has 0 saturated heterocycles. The van der Waals surface area contributed by atoms with Crippen LogP contribution >= 0.6 is 12.2 Å². The Morgan fingerprint density at radius 2 is 0.194 bits per heavy atom. The Hall–Kier alpha value is -14.2. The molecule has 0 aromatic carbocycles. The Morgan fingerprint density at radius 1 is 0.119 bits per heavy atom. The zero-order chi connectivity index (χ0) is 48.0. The quantitative estimate of drug-likeness (QED) is 0.173. The summed E-state index contributed by atoms with van der Waals surface area (Å²) in [6.07, 6.45) is 0. The first-order chi connectivity index (χ1) is 33.4. The van der Waals surface area contributed by atoms with Crippen molar-refractivity contribution in [2.45, 2.75) is 0 Å². The van der Waals surface area contributed by atoms with E-state index >= 15 is 0 Å². The van der Waals surface area contributed by atoms with E-state index in [0.717, 1.165) is 0 Å². The van der Waals surface area contributed by atoms with Gasteiger partial charge in [-0.1, -0.05) is 5.73 Å². The highest BCUT2D eigenvalue weighted by molar-refractivity contribution is 7.78. The molecule has 1 heteroatoms. The van der Waals surface area contributed by atoms with Crippen LogP contribution in [0.4, 0.5) is 0 Å². The lowest BCUT2D eigenvalue weighted by Gasteiger charge is -1.41. The van der Waals surface area contributed by atoms with Gasteiger partial charge in [-0.15, -0.1) is 0 Å². The Bertz CT molecular complexity index is 4610. The highest BCUT2D eigenvalue weighted by Gasteiger charge is 1.47. The summed E-state index contributed by atoms with van der Waals surface area (Å²) in [6, 6.07) is 0. The van der Waals surface area contributed by atoms with Crippen LogP contribution in [0.3, 0.4) is 0 Å². The number of thiocarbonyl (C=S) groups is 1. The van der Waals surface area contributed by atoms with Crippen LogP contribution in [-0.2, 0) is 0 Å². The van der Waals surface area contributed by atoms with Gasteiger partial charge in [-0.3, -0.25) is 0 Å². The minimum absolute atomic E-state index is 2.21. The molecule has 272 valence electrons. The Labute approximate surface area is 388 Å². The normalized spacial score (nSPS) is 3.94. The molecule has 0 nitrogen and oxygen atoms in total. The van der Waals surface area contributed by atoms with Gasteiger partial charge in [0.05, 0.1) is 0 Å². The molecule has 0 amide bonds. The van der Waals surface area contributed by atoms with Crippen LogP contribution in [0, 0.1) is 0 Å². The van der Waals surface area contributed by atoms with E-state index in [1.54, 1.807) is 0 Å². The summed E-state index contributed by atoms with van der Waals surface area (Å²) in [4.78, 5) is 0. The zero-order valence-electron chi connectivity index (χ0n) is 33.6. The van der Waals surface area contributed by atoms with Crippen molar-refractivity contribution in [3.63, 3.8) is 0 Å². The Balaban J connectivity index is 6.13. The van der Waals surface area contributed by atoms with Crippen LogP contribution in [0.5, 0.6) is 0 Å². The molecule has 0 aromatic rings. The maximum atomic E-state index is 4.40. The predicted molar refractivity (Wildman–Crippen MR) is 243 cm³/mol. The van der Waals surface area contributed by atoms with Crippen LogP contribution in [0.25, 0.3) is 0 Å². The van der Waals surface area contributed by atoms with Gasteiger partial charge < -0.3 is 0 Å². The molecule has 0 aromatic heterocycles. The SMILES string of the molecule is C=C=C=C=C=C=C=C=C=C=C=C=C=C=C=C=C=C=C=C=C=C=C=C=C=C=C=C=C=C=C=C=C=C=C=C=C=C=C=C=C=C=C=C=C=C=C=C=C=C=C=C=C=C=C=C=C=C=C=C=C=C=C=C=C=C=S. The van der Waals surface area contributed by atoms with Gasteiger partial charge in [-0.2, -0.15) is 0 Å². The second-order valence-corrected chi connectivity index (χ2v) is 8.36. The van der Waals surface area contributed by atoms with Gasteiger partial charge in [0, 0.05) is 320 Å². The van der Waals surface area contributed by atoms with Gasteiger partial charge in [0.25, 0.3) is 0 Å². The first-order valence-corrected chi connectivity index (χ1v) is 17.0. The van der Waals surface area contributed by atoms with E-state index < -0.39 is 0 Å². The van der Waals surface area contributed by atoms with Crippen LogP contribution < -0.4 is 0 Å². The summed E-state index contributed by atoms with van der Waals surface area (Å²) >= 11 is 4.40. The lowest BCUT2D eigenvalue weighted by Crippen LogP contribution is -1.26. The molecule has 0 unspecified atom stereocenters. The van der Waals surface area contributed by atoms with Crippen LogP contribution in [0.1, 0.15) is 0 Å².